The molecule has 3 aromatic heterocycles. The third-order valence-corrected chi connectivity index (χ3v) is 4.93. The van der Waals surface area contributed by atoms with Crippen LogP contribution in [0.25, 0.3) is 33.4 Å². The number of aromatic amines is 1. The number of nitrogens with zero attached hydrogens (tertiary/aromatic N) is 4. The quantitative estimate of drug-likeness (QED) is 0.388. The predicted molar refractivity (Wildman–Crippen MR) is 128 cm³/mol. The van der Waals surface area contributed by atoms with Crippen molar-refractivity contribution < 1.29 is 4.79 Å². The van der Waals surface area contributed by atoms with Gasteiger partial charge in [-0.2, -0.15) is 0 Å². The van der Waals surface area contributed by atoms with E-state index in [4.69, 9.17) is 0 Å². The Hall–Kier alpha value is -4.04. The molecular formula is C24H25N7O. The van der Waals surface area contributed by atoms with Gasteiger partial charge in [-0.3, -0.25) is 4.79 Å². The van der Waals surface area contributed by atoms with Gasteiger partial charge in [-0.05, 0) is 37.9 Å². The number of aromatic nitrogens is 4. The summed E-state index contributed by atoms with van der Waals surface area (Å²) in [6.07, 6.45) is 8.64. The van der Waals surface area contributed by atoms with Gasteiger partial charge < -0.3 is 20.5 Å². The Bertz CT molecular complexity index is 1280. The van der Waals surface area contributed by atoms with Crippen molar-refractivity contribution in [2.75, 3.05) is 38.3 Å². The molecule has 0 aliphatic heterocycles. The lowest BCUT2D eigenvalue weighted by atomic mass is 10.0. The van der Waals surface area contributed by atoms with Crippen molar-refractivity contribution in [2.45, 2.75) is 0 Å². The van der Waals surface area contributed by atoms with Gasteiger partial charge in [-0.25, -0.2) is 15.0 Å². The fraction of sp³-hybridized carbons (Fsp3) is 0.167. The Morgan fingerprint density at radius 2 is 2.00 bits per heavy atom. The van der Waals surface area contributed by atoms with Crippen LogP contribution in [0.1, 0.15) is 0 Å². The molecule has 0 bridgehead atoms. The standard InChI is InChI=1S/C24H25N7O/c1-25-22-12-21(28-15-29-22)20-14-27-24-19(20)11-17(13-26-24)16-6-4-7-18(10-16)30-23(32)8-5-9-31(2)3/h4-8,10-15H,9H2,1-3H3,(H,26,27)(H,30,32)(H,25,28,29). The monoisotopic (exact) mass is 427 g/mol. The number of fused-ring (bicyclic) bond motifs is 1. The van der Waals surface area contributed by atoms with E-state index in [1.807, 2.05) is 74.8 Å². The van der Waals surface area contributed by atoms with E-state index in [0.717, 1.165) is 44.9 Å². The molecule has 0 saturated carbocycles. The lowest BCUT2D eigenvalue weighted by Crippen LogP contribution is -2.12. The molecule has 8 nitrogen and oxygen atoms in total. The van der Waals surface area contributed by atoms with Crippen molar-refractivity contribution in [3.05, 3.63) is 67.3 Å². The highest BCUT2D eigenvalue weighted by molar-refractivity contribution is 6.00. The SMILES string of the molecule is CNc1cc(-c2c[nH]c3ncc(-c4cccc(NC(=O)C=CCN(C)C)c4)cc23)ncn1. The molecule has 0 atom stereocenters. The minimum atomic E-state index is -0.158. The normalized spacial score (nSPS) is 11.4. The molecule has 1 aromatic carbocycles. The molecule has 0 spiro atoms. The summed E-state index contributed by atoms with van der Waals surface area (Å²) < 4.78 is 0. The number of likely N-dealkylation sites (N-methyl/N-ethyl adjacent to an activating group) is 1. The Labute approximate surface area is 186 Å². The van der Waals surface area contributed by atoms with E-state index in [2.05, 4.69) is 36.6 Å². The van der Waals surface area contributed by atoms with Gasteiger partial charge in [0.2, 0.25) is 5.91 Å². The fourth-order valence-electron chi connectivity index (χ4n) is 3.35. The number of rotatable bonds is 7. The van der Waals surface area contributed by atoms with Crippen LogP contribution in [0.4, 0.5) is 11.5 Å². The number of carbonyl (C=O) groups excluding carboxylic acids is 1. The number of H-pyrrole nitrogens is 1. The van der Waals surface area contributed by atoms with Gasteiger partial charge in [-0.15, -0.1) is 0 Å². The summed E-state index contributed by atoms with van der Waals surface area (Å²) in [5.74, 6) is 0.589. The molecule has 4 rings (SSSR count). The molecule has 4 aromatic rings. The molecular weight excluding hydrogens is 402 g/mol. The number of nitrogens with one attached hydrogen (secondary N) is 3. The number of amides is 1. The van der Waals surface area contributed by atoms with E-state index >= 15 is 0 Å². The van der Waals surface area contributed by atoms with Crippen molar-refractivity contribution in [2.24, 2.45) is 0 Å². The number of hydrogen-bond donors (Lipinski definition) is 3. The Morgan fingerprint density at radius 1 is 1.12 bits per heavy atom. The smallest absolute Gasteiger partial charge is 0.248 e. The lowest BCUT2D eigenvalue weighted by molar-refractivity contribution is -0.111. The summed E-state index contributed by atoms with van der Waals surface area (Å²) in [4.78, 5) is 30.6. The lowest BCUT2D eigenvalue weighted by Gasteiger charge is -2.07. The molecule has 1 amide bonds. The zero-order chi connectivity index (χ0) is 22.5. The largest absolute Gasteiger partial charge is 0.373 e. The summed E-state index contributed by atoms with van der Waals surface area (Å²) in [5.41, 5.74) is 5.17. The summed E-state index contributed by atoms with van der Waals surface area (Å²) in [7, 11) is 5.73. The first kappa shape index (κ1) is 21.2. The molecule has 3 heterocycles. The number of carbonyl (C=O) groups is 1. The maximum atomic E-state index is 12.2. The van der Waals surface area contributed by atoms with Gasteiger partial charge in [0.1, 0.15) is 17.8 Å². The summed E-state index contributed by atoms with van der Waals surface area (Å²) in [5, 5.41) is 6.91. The highest BCUT2D eigenvalue weighted by Crippen LogP contribution is 2.31. The van der Waals surface area contributed by atoms with Crippen LogP contribution in [-0.4, -0.2) is 58.4 Å². The van der Waals surface area contributed by atoms with Gasteiger partial charge in [0.15, 0.2) is 0 Å². The van der Waals surface area contributed by atoms with Crippen LogP contribution < -0.4 is 10.6 Å². The Balaban J connectivity index is 1.62. The molecule has 0 aliphatic rings. The van der Waals surface area contributed by atoms with Crippen LogP contribution in [0.2, 0.25) is 0 Å². The Kier molecular flexibility index (Phi) is 6.23. The molecule has 0 saturated heterocycles. The zero-order valence-corrected chi connectivity index (χ0v) is 18.3. The van der Waals surface area contributed by atoms with Crippen molar-refractivity contribution in [3.8, 4) is 22.4 Å². The van der Waals surface area contributed by atoms with Crippen LogP contribution in [0, 0.1) is 0 Å². The summed E-state index contributed by atoms with van der Waals surface area (Å²) >= 11 is 0. The van der Waals surface area contributed by atoms with Crippen molar-refractivity contribution in [1.82, 2.24) is 24.8 Å². The van der Waals surface area contributed by atoms with Gasteiger partial charge >= 0.3 is 0 Å². The maximum Gasteiger partial charge on any atom is 0.248 e. The van der Waals surface area contributed by atoms with E-state index < -0.39 is 0 Å². The van der Waals surface area contributed by atoms with E-state index in [9.17, 15) is 4.79 Å². The number of anilines is 2. The molecule has 0 unspecified atom stereocenters. The molecule has 162 valence electrons. The van der Waals surface area contributed by atoms with Gasteiger partial charge in [0, 0.05) is 60.3 Å². The Morgan fingerprint density at radius 3 is 2.81 bits per heavy atom. The number of hydrogen-bond acceptors (Lipinski definition) is 6. The van der Waals surface area contributed by atoms with E-state index in [-0.39, 0.29) is 5.91 Å². The van der Waals surface area contributed by atoms with Gasteiger partial charge in [0.05, 0.1) is 5.69 Å². The first-order chi connectivity index (χ1) is 15.5. The van der Waals surface area contributed by atoms with Crippen molar-refractivity contribution in [1.29, 1.82) is 0 Å². The van der Waals surface area contributed by atoms with Crippen LogP contribution in [0.5, 0.6) is 0 Å². The average Bonchev–Trinajstić information content (AvgIpc) is 3.22. The average molecular weight is 428 g/mol. The second kappa shape index (κ2) is 9.40. The molecule has 3 N–H and O–H groups in total. The summed E-state index contributed by atoms with van der Waals surface area (Å²) in [6, 6.07) is 11.7. The van der Waals surface area contributed by atoms with E-state index in [0.29, 0.717) is 6.54 Å². The second-order valence-electron chi connectivity index (χ2n) is 7.60. The minimum absolute atomic E-state index is 0.158. The van der Waals surface area contributed by atoms with E-state index in [1.54, 1.807) is 6.08 Å². The highest BCUT2D eigenvalue weighted by atomic mass is 16.1. The molecule has 0 aliphatic carbocycles. The zero-order valence-electron chi connectivity index (χ0n) is 18.3. The molecule has 0 fully saturated rings. The predicted octanol–water partition coefficient (Wildman–Crippen LogP) is 3.78. The molecule has 8 heteroatoms. The van der Waals surface area contributed by atoms with Crippen LogP contribution in [0.3, 0.4) is 0 Å². The molecule has 0 radical (unpaired) electrons. The third-order valence-electron chi connectivity index (χ3n) is 4.93. The highest BCUT2D eigenvalue weighted by Gasteiger charge is 2.11. The maximum absolute atomic E-state index is 12.2. The van der Waals surface area contributed by atoms with Crippen LogP contribution >= 0.6 is 0 Å². The third kappa shape index (κ3) is 4.81. The number of benzene rings is 1. The summed E-state index contributed by atoms with van der Waals surface area (Å²) in [6.45, 7) is 0.709. The van der Waals surface area contributed by atoms with Crippen molar-refractivity contribution in [3.63, 3.8) is 0 Å². The van der Waals surface area contributed by atoms with Crippen LogP contribution in [-0.2, 0) is 4.79 Å². The first-order valence-electron chi connectivity index (χ1n) is 10.2. The van der Waals surface area contributed by atoms with Gasteiger partial charge in [0.25, 0.3) is 0 Å². The first-order valence-corrected chi connectivity index (χ1v) is 10.2. The molecule has 32 heavy (non-hydrogen) atoms. The number of pyridine rings is 1. The van der Waals surface area contributed by atoms with Gasteiger partial charge in [-0.1, -0.05) is 18.2 Å². The van der Waals surface area contributed by atoms with Crippen molar-refractivity contribution >= 4 is 28.4 Å². The fourth-order valence-corrected chi connectivity index (χ4v) is 3.35. The van der Waals surface area contributed by atoms with E-state index in [1.165, 1.54) is 6.33 Å². The minimum Gasteiger partial charge on any atom is -0.373 e. The van der Waals surface area contributed by atoms with Crippen LogP contribution in [0.15, 0.2) is 67.3 Å². The topological polar surface area (TPSA) is 98.8 Å². The second-order valence-corrected chi connectivity index (χ2v) is 7.60.